The van der Waals surface area contributed by atoms with Gasteiger partial charge < -0.3 is 28.9 Å². The second kappa shape index (κ2) is 13.4. The molecule has 4 atom stereocenters. The molecule has 5 aliphatic rings. The average Bonchev–Trinajstić information content (AvgIpc) is 3.47. The lowest BCUT2D eigenvalue weighted by Crippen LogP contribution is -2.61. The van der Waals surface area contributed by atoms with Crippen molar-refractivity contribution in [3.63, 3.8) is 0 Å². The van der Waals surface area contributed by atoms with Crippen molar-refractivity contribution in [2.75, 3.05) is 64.0 Å². The average molecular weight is 687 g/mol. The molecule has 5 fully saturated rings. The highest BCUT2D eigenvalue weighted by Gasteiger charge is 2.58. The van der Waals surface area contributed by atoms with Crippen molar-refractivity contribution in [2.24, 2.45) is 17.3 Å². The molecule has 1 N–H and O–H groups in total. The molecule has 2 unspecified atom stereocenters. The number of benzene rings is 1. The predicted molar refractivity (Wildman–Crippen MR) is 177 cm³/mol. The molecule has 1 aromatic heterocycles. The number of sulfonamides is 1. The maximum atomic E-state index is 14.6. The number of amides is 1. The van der Waals surface area contributed by atoms with Crippen LogP contribution >= 0.6 is 0 Å². The number of nitrogens with zero attached hydrogens (tertiary/aromatic N) is 5. The highest BCUT2D eigenvalue weighted by molar-refractivity contribution is 7.90. The van der Waals surface area contributed by atoms with Crippen LogP contribution in [0.25, 0.3) is 0 Å². The molecule has 4 saturated heterocycles. The summed E-state index contributed by atoms with van der Waals surface area (Å²) in [4.78, 5) is 29.2. The molecule has 14 heteroatoms. The van der Waals surface area contributed by atoms with Gasteiger partial charge in [-0.05, 0) is 70.8 Å². The van der Waals surface area contributed by atoms with Gasteiger partial charge in [-0.25, -0.2) is 27.5 Å². The highest BCUT2D eigenvalue weighted by Crippen LogP contribution is 2.50. The Bertz CT molecular complexity index is 1580. The number of aromatic nitrogens is 2. The van der Waals surface area contributed by atoms with Gasteiger partial charge in [0, 0.05) is 55.5 Å². The lowest BCUT2D eigenvalue weighted by atomic mass is 9.72. The molecule has 1 spiro atoms. The van der Waals surface area contributed by atoms with Crippen LogP contribution in [0.4, 0.5) is 10.2 Å². The van der Waals surface area contributed by atoms with Crippen LogP contribution in [0.5, 0.6) is 11.5 Å². The third-order valence-corrected chi connectivity index (χ3v) is 12.9. The fourth-order valence-electron chi connectivity index (χ4n) is 8.19. The van der Waals surface area contributed by atoms with Crippen LogP contribution in [-0.2, 0) is 19.5 Å². The van der Waals surface area contributed by atoms with Crippen molar-refractivity contribution in [1.82, 2.24) is 24.5 Å². The van der Waals surface area contributed by atoms with Gasteiger partial charge in [0.15, 0.2) is 11.6 Å². The van der Waals surface area contributed by atoms with E-state index in [4.69, 9.17) is 14.2 Å². The Morgan fingerprint density at radius 1 is 1.15 bits per heavy atom. The summed E-state index contributed by atoms with van der Waals surface area (Å²) >= 11 is 0. The zero-order valence-electron chi connectivity index (χ0n) is 28.0. The number of anilines is 1. The zero-order valence-corrected chi connectivity index (χ0v) is 28.8. The summed E-state index contributed by atoms with van der Waals surface area (Å²) < 4.78 is 59.7. The monoisotopic (exact) mass is 686 g/mol. The minimum absolute atomic E-state index is 0.0551. The first-order chi connectivity index (χ1) is 23.1. The number of ether oxygens (including phenoxy) is 3. The molecule has 0 radical (unpaired) electrons. The third-order valence-electron chi connectivity index (χ3n) is 10.9. The minimum atomic E-state index is -3.32. The van der Waals surface area contributed by atoms with Crippen LogP contribution in [0, 0.1) is 23.1 Å². The Morgan fingerprint density at radius 2 is 1.90 bits per heavy atom. The lowest BCUT2D eigenvalue weighted by Gasteiger charge is -2.54. The standard InChI is InChI=1S/C34H47FN6O6S/c1-4-38-48(43,44)25-7-6-24(46-16-25)15-39-11-9-34(10-12-39)19-40(20-34)32-30(14-36-21-37-32)47-29-8-5-23(35)13-26(29)33(42)41(22(2)3)31-27-17-45-18-28(27)31/h5,8,13-14,21-22,24-25,27-28,31,38H,4,6-7,9-12,15-20H2,1-3H3/t24-,25+,27?,28?,31?/m0/s1. The lowest BCUT2D eigenvalue weighted by molar-refractivity contribution is -0.0194. The fraction of sp³-hybridized carbons (Fsp3) is 0.676. The van der Waals surface area contributed by atoms with Crippen LogP contribution in [-0.4, -0.2) is 117 Å². The number of halogens is 1. The third kappa shape index (κ3) is 6.66. The predicted octanol–water partition coefficient (Wildman–Crippen LogP) is 3.29. The molecule has 48 heavy (non-hydrogen) atoms. The number of hydrogen-bond acceptors (Lipinski definition) is 10. The fourth-order valence-corrected chi connectivity index (χ4v) is 9.53. The molecule has 12 nitrogen and oxygen atoms in total. The van der Waals surface area contributed by atoms with E-state index in [1.54, 1.807) is 13.1 Å². The van der Waals surface area contributed by atoms with Crippen molar-refractivity contribution in [3.05, 3.63) is 42.1 Å². The number of piperidine rings is 1. The minimum Gasteiger partial charge on any atom is -0.451 e. The van der Waals surface area contributed by atoms with Crippen LogP contribution in [0.3, 0.4) is 0 Å². The first-order valence-corrected chi connectivity index (χ1v) is 18.9. The van der Waals surface area contributed by atoms with Crippen molar-refractivity contribution < 1.29 is 31.8 Å². The van der Waals surface area contributed by atoms with Gasteiger partial charge in [-0.3, -0.25) is 4.79 Å². The van der Waals surface area contributed by atoms with Crippen LogP contribution < -0.4 is 14.4 Å². The van der Waals surface area contributed by atoms with E-state index in [-0.39, 0.29) is 47.4 Å². The van der Waals surface area contributed by atoms with Gasteiger partial charge in [-0.2, -0.15) is 0 Å². The Kier molecular flexibility index (Phi) is 9.39. The van der Waals surface area contributed by atoms with E-state index < -0.39 is 21.1 Å². The Labute approximate surface area is 282 Å². The Hall–Kier alpha value is -2.91. The molecule has 5 heterocycles. The van der Waals surface area contributed by atoms with Crippen molar-refractivity contribution in [3.8, 4) is 11.5 Å². The Balaban J connectivity index is 0.959. The van der Waals surface area contributed by atoms with Gasteiger partial charge >= 0.3 is 0 Å². The summed E-state index contributed by atoms with van der Waals surface area (Å²) in [5.74, 6) is 1.29. The van der Waals surface area contributed by atoms with E-state index in [2.05, 4.69) is 24.5 Å². The first-order valence-electron chi connectivity index (χ1n) is 17.3. The van der Waals surface area contributed by atoms with Crippen molar-refractivity contribution >= 4 is 21.7 Å². The molecule has 1 aliphatic carbocycles. The number of nitrogens with one attached hydrogen (secondary N) is 1. The number of hydrogen-bond donors (Lipinski definition) is 1. The summed E-state index contributed by atoms with van der Waals surface area (Å²) in [7, 11) is -3.32. The first kappa shape index (κ1) is 33.6. The summed E-state index contributed by atoms with van der Waals surface area (Å²) in [6, 6.07) is 4.12. The SMILES string of the molecule is CCNS(=O)(=O)[C@@H]1CC[C@@H](CN2CCC3(CC2)CN(c2ncncc2Oc2ccc(F)cc2C(=O)N(C(C)C)C2C4COCC42)C3)OC1. The van der Waals surface area contributed by atoms with Crippen LogP contribution in [0.1, 0.15) is 56.8 Å². The Morgan fingerprint density at radius 3 is 2.56 bits per heavy atom. The molecule has 4 aliphatic heterocycles. The van der Waals surface area contributed by atoms with E-state index in [0.717, 1.165) is 52.0 Å². The van der Waals surface area contributed by atoms with Gasteiger partial charge in [0.05, 0.1) is 42.9 Å². The number of carbonyl (C=O) groups is 1. The van der Waals surface area contributed by atoms with Gasteiger partial charge in [0.2, 0.25) is 10.0 Å². The number of rotatable bonds is 11. The zero-order chi connectivity index (χ0) is 33.6. The molecule has 1 amide bonds. The van der Waals surface area contributed by atoms with Crippen LogP contribution in [0.15, 0.2) is 30.7 Å². The van der Waals surface area contributed by atoms with Crippen LogP contribution in [0.2, 0.25) is 0 Å². The van der Waals surface area contributed by atoms with Gasteiger partial charge in [0.25, 0.3) is 5.91 Å². The largest absolute Gasteiger partial charge is 0.451 e. The molecular weight excluding hydrogens is 639 g/mol. The molecule has 1 saturated carbocycles. The maximum Gasteiger partial charge on any atom is 0.258 e. The van der Waals surface area contributed by atoms with E-state index in [0.29, 0.717) is 49.6 Å². The summed E-state index contributed by atoms with van der Waals surface area (Å²) in [6.07, 6.45) is 6.62. The van der Waals surface area contributed by atoms with Gasteiger partial charge in [-0.1, -0.05) is 6.92 Å². The van der Waals surface area contributed by atoms with E-state index in [1.807, 2.05) is 18.7 Å². The summed E-state index contributed by atoms with van der Waals surface area (Å²) in [5, 5.41) is -0.474. The summed E-state index contributed by atoms with van der Waals surface area (Å²) in [5.41, 5.74) is 0.367. The normalized spacial score (nSPS) is 28.3. The molecule has 2 aromatic rings. The molecule has 0 bridgehead atoms. The summed E-state index contributed by atoms with van der Waals surface area (Å²) in [6.45, 7) is 12.1. The van der Waals surface area contributed by atoms with Gasteiger partial charge in [-0.15, -0.1) is 0 Å². The second-order valence-corrected chi connectivity index (χ2v) is 16.5. The van der Waals surface area contributed by atoms with Crippen molar-refractivity contribution in [2.45, 2.75) is 69.9 Å². The highest BCUT2D eigenvalue weighted by atomic mass is 32.2. The van der Waals surface area contributed by atoms with Gasteiger partial charge in [0.1, 0.15) is 17.9 Å². The number of fused-ring (bicyclic) bond motifs is 1. The maximum absolute atomic E-state index is 14.6. The van der Waals surface area contributed by atoms with E-state index in [9.17, 15) is 17.6 Å². The molecule has 7 rings (SSSR count). The molecule has 262 valence electrons. The molecule has 1 aromatic carbocycles. The smallest absolute Gasteiger partial charge is 0.258 e. The second-order valence-electron chi connectivity index (χ2n) is 14.5. The topological polar surface area (TPSA) is 126 Å². The molecular formula is C34H47FN6O6S. The van der Waals surface area contributed by atoms with Crippen molar-refractivity contribution in [1.29, 1.82) is 0 Å². The number of likely N-dealkylation sites (tertiary alicyclic amines) is 1. The number of carbonyl (C=O) groups excluding carboxylic acids is 1. The quantitative estimate of drug-likeness (QED) is 0.377. The van der Waals surface area contributed by atoms with E-state index >= 15 is 0 Å². The van der Waals surface area contributed by atoms with E-state index in [1.165, 1.54) is 24.5 Å².